The van der Waals surface area contributed by atoms with Crippen molar-refractivity contribution in [2.45, 2.75) is 18.9 Å². The van der Waals surface area contributed by atoms with Crippen LogP contribution in [-0.4, -0.2) is 43.5 Å². The minimum atomic E-state index is 0.418. The van der Waals surface area contributed by atoms with Crippen LogP contribution in [0, 0.1) is 0 Å². The number of ether oxygens (including phenoxy) is 1. The Morgan fingerprint density at radius 3 is 3.08 bits per heavy atom. The summed E-state index contributed by atoms with van der Waals surface area (Å²) in [7, 11) is 1.79. The van der Waals surface area contributed by atoms with Crippen molar-refractivity contribution in [2.24, 2.45) is 0 Å². The molecule has 1 aliphatic heterocycles. The summed E-state index contributed by atoms with van der Waals surface area (Å²) >= 11 is 4.20. The summed E-state index contributed by atoms with van der Waals surface area (Å²) in [5.74, 6) is 0.786. The van der Waals surface area contributed by atoms with E-state index in [0.29, 0.717) is 6.10 Å². The molecule has 0 radical (unpaired) electrons. The van der Waals surface area contributed by atoms with E-state index in [0.717, 1.165) is 18.8 Å². The Labute approximate surface area is 86.4 Å². The van der Waals surface area contributed by atoms with Crippen molar-refractivity contribution in [3.63, 3.8) is 0 Å². The van der Waals surface area contributed by atoms with E-state index in [2.05, 4.69) is 24.1 Å². The Balaban J connectivity index is 2.29. The van der Waals surface area contributed by atoms with Crippen LogP contribution in [0.15, 0.2) is 12.2 Å². The normalized spacial score (nSPS) is 24.6. The minimum Gasteiger partial charge on any atom is -0.380 e. The standard InChI is InChI=1S/C10H19NOS/c1-9(8-13)6-11-5-3-4-10(7-11)12-2/h10,13H,1,3-8H2,2H3. The third-order valence-corrected chi connectivity index (χ3v) is 2.91. The summed E-state index contributed by atoms with van der Waals surface area (Å²) in [5.41, 5.74) is 1.19. The Kier molecular flexibility index (Phi) is 4.84. The fourth-order valence-electron chi connectivity index (χ4n) is 1.72. The van der Waals surface area contributed by atoms with Gasteiger partial charge in [0, 0.05) is 26.0 Å². The maximum absolute atomic E-state index is 5.35. The van der Waals surface area contributed by atoms with E-state index in [-0.39, 0.29) is 0 Å². The molecule has 2 nitrogen and oxygen atoms in total. The van der Waals surface area contributed by atoms with Crippen LogP contribution in [0.2, 0.25) is 0 Å². The summed E-state index contributed by atoms with van der Waals surface area (Å²) in [6, 6.07) is 0. The van der Waals surface area contributed by atoms with Crippen molar-refractivity contribution in [2.75, 3.05) is 32.5 Å². The highest BCUT2D eigenvalue weighted by Gasteiger charge is 2.18. The fraction of sp³-hybridized carbons (Fsp3) is 0.800. The highest BCUT2D eigenvalue weighted by atomic mass is 32.1. The predicted octanol–water partition coefficient (Wildman–Crippen LogP) is 1.58. The van der Waals surface area contributed by atoms with Crippen molar-refractivity contribution in [1.82, 2.24) is 4.90 Å². The SMILES string of the molecule is C=C(CS)CN1CCCC(OC)C1. The second-order valence-corrected chi connectivity index (χ2v) is 3.96. The lowest BCUT2D eigenvalue weighted by Crippen LogP contribution is -2.40. The van der Waals surface area contributed by atoms with Gasteiger partial charge in [-0.3, -0.25) is 4.90 Å². The molecule has 0 aliphatic carbocycles. The molecule has 1 fully saturated rings. The molecule has 0 N–H and O–H groups in total. The van der Waals surface area contributed by atoms with E-state index >= 15 is 0 Å². The summed E-state index contributed by atoms with van der Waals surface area (Å²) < 4.78 is 5.35. The number of nitrogens with zero attached hydrogens (tertiary/aromatic N) is 1. The molecule has 0 saturated carbocycles. The second-order valence-electron chi connectivity index (χ2n) is 3.64. The van der Waals surface area contributed by atoms with Crippen LogP contribution >= 0.6 is 12.6 Å². The molecule has 3 heteroatoms. The van der Waals surface area contributed by atoms with Gasteiger partial charge in [-0.05, 0) is 19.4 Å². The molecule has 1 saturated heterocycles. The van der Waals surface area contributed by atoms with Gasteiger partial charge in [-0.2, -0.15) is 12.6 Å². The highest BCUT2D eigenvalue weighted by molar-refractivity contribution is 7.80. The molecule has 0 spiro atoms. The van der Waals surface area contributed by atoms with Crippen LogP contribution < -0.4 is 0 Å². The zero-order valence-corrected chi connectivity index (χ0v) is 9.22. The Morgan fingerprint density at radius 1 is 1.69 bits per heavy atom. The van der Waals surface area contributed by atoms with Gasteiger partial charge >= 0.3 is 0 Å². The van der Waals surface area contributed by atoms with E-state index in [1.165, 1.54) is 25.0 Å². The lowest BCUT2D eigenvalue weighted by molar-refractivity contribution is 0.0349. The molecule has 1 unspecified atom stereocenters. The topological polar surface area (TPSA) is 12.5 Å². The first-order chi connectivity index (χ1) is 6.26. The van der Waals surface area contributed by atoms with Gasteiger partial charge in [0.1, 0.15) is 0 Å². The number of hydrogen-bond donors (Lipinski definition) is 1. The van der Waals surface area contributed by atoms with Crippen molar-refractivity contribution in [3.05, 3.63) is 12.2 Å². The largest absolute Gasteiger partial charge is 0.380 e. The first kappa shape index (κ1) is 11.1. The number of rotatable bonds is 4. The third kappa shape index (κ3) is 3.71. The van der Waals surface area contributed by atoms with E-state index < -0.39 is 0 Å². The average molecular weight is 201 g/mol. The number of thiol groups is 1. The van der Waals surface area contributed by atoms with Gasteiger partial charge < -0.3 is 4.74 Å². The maximum Gasteiger partial charge on any atom is 0.0698 e. The van der Waals surface area contributed by atoms with Gasteiger partial charge in [0.25, 0.3) is 0 Å². The molecule has 0 aromatic heterocycles. The molecule has 0 bridgehead atoms. The molecule has 0 aromatic carbocycles. The fourth-order valence-corrected chi connectivity index (χ4v) is 1.82. The van der Waals surface area contributed by atoms with Crippen molar-refractivity contribution in [3.8, 4) is 0 Å². The number of hydrogen-bond acceptors (Lipinski definition) is 3. The number of likely N-dealkylation sites (tertiary alicyclic amines) is 1. The zero-order chi connectivity index (χ0) is 9.68. The quantitative estimate of drug-likeness (QED) is 0.548. The Hall–Kier alpha value is 0.01000. The molecule has 1 heterocycles. The molecule has 13 heavy (non-hydrogen) atoms. The number of piperidine rings is 1. The summed E-state index contributed by atoms with van der Waals surface area (Å²) in [6.45, 7) is 7.15. The third-order valence-electron chi connectivity index (χ3n) is 2.47. The Bertz CT molecular complexity index is 172. The summed E-state index contributed by atoms with van der Waals surface area (Å²) in [5, 5.41) is 0. The smallest absolute Gasteiger partial charge is 0.0698 e. The van der Waals surface area contributed by atoms with Crippen LogP contribution in [0.5, 0.6) is 0 Å². The maximum atomic E-state index is 5.35. The summed E-state index contributed by atoms with van der Waals surface area (Å²) in [4.78, 5) is 2.40. The monoisotopic (exact) mass is 201 g/mol. The lowest BCUT2D eigenvalue weighted by atomic mass is 10.1. The van der Waals surface area contributed by atoms with Gasteiger partial charge in [0.15, 0.2) is 0 Å². The van der Waals surface area contributed by atoms with Crippen LogP contribution in [0.25, 0.3) is 0 Å². The van der Waals surface area contributed by atoms with Gasteiger partial charge in [-0.15, -0.1) is 0 Å². The zero-order valence-electron chi connectivity index (χ0n) is 8.33. The first-order valence-electron chi connectivity index (χ1n) is 4.79. The van der Waals surface area contributed by atoms with Gasteiger partial charge in [0.2, 0.25) is 0 Å². The first-order valence-corrected chi connectivity index (χ1v) is 5.42. The molecule has 0 aromatic rings. The second kappa shape index (κ2) is 5.68. The van der Waals surface area contributed by atoms with Gasteiger partial charge in [-0.1, -0.05) is 12.2 Å². The Morgan fingerprint density at radius 2 is 2.46 bits per heavy atom. The average Bonchev–Trinajstić information content (AvgIpc) is 2.18. The number of methoxy groups -OCH3 is 1. The molecule has 1 rings (SSSR count). The lowest BCUT2D eigenvalue weighted by Gasteiger charge is -2.32. The molecule has 0 amide bonds. The van der Waals surface area contributed by atoms with Gasteiger partial charge in [0.05, 0.1) is 6.10 Å². The van der Waals surface area contributed by atoms with Crippen molar-refractivity contribution >= 4 is 12.6 Å². The van der Waals surface area contributed by atoms with Crippen LogP contribution in [0.1, 0.15) is 12.8 Å². The van der Waals surface area contributed by atoms with Crippen LogP contribution in [0.4, 0.5) is 0 Å². The summed E-state index contributed by atoms with van der Waals surface area (Å²) in [6.07, 6.45) is 2.85. The van der Waals surface area contributed by atoms with E-state index in [1.807, 2.05) is 0 Å². The molecule has 76 valence electrons. The van der Waals surface area contributed by atoms with E-state index in [1.54, 1.807) is 7.11 Å². The minimum absolute atomic E-state index is 0.418. The molecular formula is C10H19NOS. The van der Waals surface area contributed by atoms with Crippen molar-refractivity contribution in [1.29, 1.82) is 0 Å². The predicted molar refractivity (Wildman–Crippen MR) is 59.5 cm³/mol. The van der Waals surface area contributed by atoms with Crippen molar-refractivity contribution < 1.29 is 4.74 Å². The van der Waals surface area contributed by atoms with E-state index in [9.17, 15) is 0 Å². The van der Waals surface area contributed by atoms with E-state index in [4.69, 9.17) is 4.74 Å². The molecule has 1 aliphatic rings. The molecular weight excluding hydrogens is 182 g/mol. The van der Waals surface area contributed by atoms with Crippen LogP contribution in [0.3, 0.4) is 0 Å². The van der Waals surface area contributed by atoms with Crippen LogP contribution in [-0.2, 0) is 4.74 Å². The van der Waals surface area contributed by atoms with Gasteiger partial charge in [-0.25, -0.2) is 0 Å². The highest BCUT2D eigenvalue weighted by Crippen LogP contribution is 2.13. The molecule has 1 atom stereocenters.